The molecule has 4 rings (SSSR count). The maximum absolute atomic E-state index is 14.9. The lowest BCUT2D eigenvalue weighted by Crippen LogP contribution is -2.57. The van der Waals surface area contributed by atoms with E-state index in [4.69, 9.17) is 0 Å². The molecule has 0 N–H and O–H groups in total. The van der Waals surface area contributed by atoms with E-state index in [1.54, 1.807) is 11.3 Å². The van der Waals surface area contributed by atoms with Crippen LogP contribution in [0.3, 0.4) is 0 Å². The highest BCUT2D eigenvalue weighted by atomic mass is 32.1. The van der Waals surface area contributed by atoms with E-state index in [2.05, 4.69) is 14.8 Å². The monoisotopic (exact) mass is 363 g/mol. The van der Waals surface area contributed by atoms with Crippen molar-refractivity contribution in [3.63, 3.8) is 0 Å². The number of anilines is 1. The van der Waals surface area contributed by atoms with Crippen LogP contribution >= 0.6 is 11.3 Å². The van der Waals surface area contributed by atoms with Crippen LogP contribution in [0.2, 0.25) is 0 Å². The third-order valence-corrected chi connectivity index (χ3v) is 6.39. The van der Waals surface area contributed by atoms with Crippen molar-refractivity contribution in [2.45, 2.75) is 32.2 Å². The SMILES string of the molecule is Cc1nc(CN2CCC3(C2)CN(c2ccccc2)CCC3(F)F)cs1. The first kappa shape index (κ1) is 16.9. The largest absolute Gasteiger partial charge is 0.370 e. The fourth-order valence-corrected chi connectivity index (χ4v) is 4.79. The number of halogens is 2. The van der Waals surface area contributed by atoms with Gasteiger partial charge in [-0.2, -0.15) is 0 Å². The van der Waals surface area contributed by atoms with Crippen LogP contribution in [0, 0.1) is 12.3 Å². The van der Waals surface area contributed by atoms with Crippen molar-refractivity contribution in [2.75, 3.05) is 31.1 Å². The van der Waals surface area contributed by atoms with Gasteiger partial charge in [0.2, 0.25) is 0 Å². The smallest absolute Gasteiger partial charge is 0.258 e. The number of alkyl halides is 2. The standard InChI is InChI=1S/C19H23F2N3S/c1-15-22-16(12-25-15)11-23-9-7-18(13-23)14-24(10-8-19(18,20)21)17-5-3-2-4-6-17/h2-6,12H,7-11,13-14H2,1H3. The summed E-state index contributed by atoms with van der Waals surface area (Å²) in [6, 6.07) is 9.94. The van der Waals surface area contributed by atoms with E-state index in [0.29, 0.717) is 32.6 Å². The highest BCUT2D eigenvalue weighted by Crippen LogP contribution is 2.50. The highest BCUT2D eigenvalue weighted by Gasteiger charge is 2.59. The summed E-state index contributed by atoms with van der Waals surface area (Å²) in [6.07, 6.45) is 0.484. The van der Waals surface area contributed by atoms with E-state index in [-0.39, 0.29) is 6.42 Å². The maximum atomic E-state index is 14.9. The molecule has 2 aromatic rings. The first-order chi connectivity index (χ1) is 12.0. The number of thiazole rings is 1. The molecule has 134 valence electrons. The van der Waals surface area contributed by atoms with Crippen molar-refractivity contribution < 1.29 is 8.78 Å². The summed E-state index contributed by atoms with van der Waals surface area (Å²) in [5, 5.41) is 3.07. The molecule has 3 heterocycles. The number of nitrogens with zero attached hydrogens (tertiary/aromatic N) is 3. The molecular formula is C19H23F2N3S. The molecule has 0 amide bonds. The van der Waals surface area contributed by atoms with Gasteiger partial charge in [0.25, 0.3) is 5.92 Å². The predicted octanol–water partition coefficient (Wildman–Crippen LogP) is 4.19. The third-order valence-electron chi connectivity index (χ3n) is 5.57. The highest BCUT2D eigenvalue weighted by molar-refractivity contribution is 7.09. The quantitative estimate of drug-likeness (QED) is 0.815. The van der Waals surface area contributed by atoms with Crippen LogP contribution in [0.5, 0.6) is 0 Å². The summed E-state index contributed by atoms with van der Waals surface area (Å²) in [5.41, 5.74) is 1.09. The van der Waals surface area contributed by atoms with Crippen molar-refractivity contribution in [3.8, 4) is 0 Å². The van der Waals surface area contributed by atoms with Crippen LogP contribution in [-0.4, -0.2) is 42.0 Å². The van der Waals surface area contributed by atoms with Crippen molar-refractivity contribution >= 4 is 17.0 Å². The molecule has 1 aromatic heterocycles. The molecule has 1 unspecified atom stereocenters. The molecule has 3 nitrogen and oxygen atoms in total. The molecule has 2 aliphatic heterocycles. The number of likely N-dealkylation sites (tertiary alicyclic amines) is 1. The van der Waals surface area contributed by atoms with Gasteiger partial charge in [0.1, 0.15) is 0 Å². The average Bonchev–Trinajstić information content (AvgIpc) is 3.19. The molecule has 2 fully saturated rings. The summed E-state index contributed by atoms with van der Waals surface area (Å²) < 4.78 is 29.8. The lowest BCUT2D eigenvalue weighted by atomic mass is 9.75. The Balaban J connectivity index is 1.52. The Morgan fingerprint density at radius 3 is 2.64 bits per heavy atom. The van der Waals surface area contributed by atoms with Gasteiger partial charge in [0.05, 0.1) is 16.1 Å². The second kappa shape index (κ2) is 6.32. The summed E-state index contributed by atoms with van der Waals surface area (Å²) in [5.74, 6) is -2.61. The Morgan fingerprint density at radius 2 is 1.92 bits per heavy atom. The molecule has 1 aromatic carbocycles. The number of rotatable bonds is 3. The van der Waals surface area contributed by atoms with Gasteiger partial charge in [-0.25, -0.2) is 13.8 Å². The van der Waals surface area contributed by atoms with E-state index in [1.165, 1.54) is 0 Å². The molecule has 2 aliphatic rings. The third kappa shape index (κ3) is 3.17. The number of benzene rings is 1. The van der Waals surface area contributed by atoms with Crippen LogP contribution in [0.15, 0.2) is 35.7 Å². The van der Waals surface area contributed by atoms with Gasteiger partial charge in [-0.15, -0.1) is 11.3 Å². The first-order valence-electron chi connectivity index (χ1n) is 8.79. The minimum atomic E-state index is -2.61. The van der Waals surface area contributed by atoms with Gasteiger partial charge in [0.15, 0.2) is 0 Å². The lowest BCUT2D eigenvalue weighted by molar-refractivity contribution is -0.129. The van der Waals surface area contributed by atoms with Crippen LogP contribution in [0.1, 0.15) is 23.5 Å². The van der Waals surface area contributed by atoms with E-state index < -0.39 is 11.3 Å². The van der Waals surface area contributed by atoms with Gasteiger partial charge >= 0.3 is 0 Å². The summed E-state index contributed by atoms with van der Waals surface area (Å²) in [7, 11) is 0. The van der Waals surface area contributed by atoms with Crippen LogP contribution in [-0.2, 0) is 6.54 Å². The fraction of sp³-hybridized carbons (Fsp3) is 0.526. The summed E-state index contributed by atoms with van der Waals surface area (Å²) in [4.78, 5) is 8.77. The molecule has 0 radical (unpaired) electrons. The number of para-hydroxylation sites is 1. The second-order valence-corrected chi connectivity index (χ2v) is 8.37. The van der Waals surface area contributed by atoms with Crippen molar-refractivity contribution in [1.82, 2.24) is 9.88 Å². The van der Waals surface area contributed by atoms with Gasteiger partial charge in [0, 0.05) is 43.7 Å². The van der Waals surface area contributed by atoms with Crippen molar-refractivity contribution in [1.29, 1.82) is 0 Å². The number of aryl methyl sites for hydroxylation is 1. The van der Waals surface area contributed by atoms with E-state index in [0.717, 1.165) is 22.9 Å². The molecule has 2 saturated heterocycles. The molecule has 25 heavy (non-hydrogen) atoms. The van der Waals surface area contributed by atoms with Crippen LogP contribution < -0.4 is 4.90 Å². The molecule has 1 spiro atoms. The molecule has 0 aliphatic carbocycles. The van der Waals surface area contributed by atoms with E-state index >= 15 is 0 Å². The Bertz CT molecular complexity index is 733. The Morgan fingerprint density at radius 1 is 1.12 bits per heavy atom. The molecule has 1 atom stereocenters. The zero-order chi connectivity index (χ0) is 17.5. The Kier molecular flexibility index (Phi) is 4.28. The predicted molar refractivity (Wildman–Crippen MR) is 97.4 cm³/mol. The topological polar surface area (TPSA) is 19.4 Å². The molecular weight excluding hydrogens is 340 g/mol. The van der Waals surface area contributed by atoms with Crippen LogP contribution in [0.25, 0.3) is 0 Å². The van der Waals surface area contributed by atoms with Gasteiger partial charge < -0.3 is 4.90 Å². The van der Waals surface area contributed by atoms with Gasteiger partial charge in [-0.05, 0) is 32.0 Å². The van der Waals surface area contributed by atoms with Gasteiger partial charge in [-0.1, -0.05) is 18.2 Å². The summed E-state index contributed by atoms with van der Waals surface area (Å²) in [6.45, 7) is 4.66. The fourth-order valence-electron chi connectivity index (χ4n) is 4.19. The number of hydrogen-bond acceptors (Lipinski definition) is 4. The first-order valence-corrected chi connectivity index (χ1v) is 9.67. The average molecular weight is 363 g/mol. The lowest BCUT2D eigenvalue weighted by Gasteiger charge is -2.47. The minimum Gasteiger partial charge on any atom is -0.370 e. The molecule has 6 heteroatoms. The van der Waals surface area contributed by atoms with Gasteiger partial charge in [-0.3, -0.25) is 4.90 Å². The van der Waals surface area contributed by atoms with E-state index in [1.807, 2.05) is 42.6 Å². The maximum Gasteiger partial charge on any atom is 0.258 e. The zero-order valence-electron chi connectivity index (χ0n) is 14.4. The minimum absolute atomic E-state index is 0.0639. The van der Waals surface area contributed by atoms with Crippen molar-refractivity contribution in [3.05, 3.63) is 46.4 Å². The Labute approximate surface area is 151 Å². The number of aromatic nitrogens is 1. The molecule has 0 saturated carbocycles. The normalized spacial score (nSPS) is 26.4. The molecule has 0 bridgehead atoms. The van der Waals surface area contributed by atoms with Crippen LogP contribution in [0.4, 0.5) is 14.5 Å². The zero-order valence-corrected chi connectivity index (χ0v) is 15.2. The van der Waals surface area contributed by atoms with E-state index in [9.17, 15) is 8.78 Å². The summed E-state index contributed by atoms with van der Waals surface area (Å²) >= 11 is 1.62. The van der Waals surface area contributed by atoms with Crippen molar-refractivity contribution in [2.24, 2.45) is 5.41 Å². The number of piperidine rings is 1. The second-order valence-electron chi connectivity index (χ2n) is 7.31. The number of hydrogen-bond donors (Lipinski definition) is 0. The Hall–Kier alpha value is -1.53.